The highest BCUT2D eigenvalue weighted by atomic mass is 32.1. The normalized spacial score (nSPS) is 20.7. The van der Waals surface area contributed by atoms with Gasteiger partial charge in [-0.05, 0) is 25.1 Å². The van der Waals surface area contributed by atoms with Crippen molar-refractivity contribution in [2.75, 3.05) is 0 Å². The van der Waals surface area contributed by atoms with Crippen molar-refractivity contribution in [2.24, 2.45) is 0 Å². The summed E-state index contributed by atoms with van der Waals surface area (Å²) in [6.07, 6.45) is 5.51. The molecule has 72 valence electrons. The van der Waals surface area contributed by atoms with Gasteiger partial charge in [-0.15, -0.1) is 0 Å². The van der Waals surface area contributed by atoms with Crippen LogP contribution in [0.15, 0.2) is 6.33 Å². The first-order chi connectivity index (χ1) is 6.20. The standard InChI is InChI=1S/C8H13N3OS/c12-8(3-1-2-4-8)5-11-7(13)9-6-10-11/h6,12H,1-5H2,(H,9,10,13). The molecule has 1 saturated carbocycles. The molecule has 1 aromatic rings. The molecule has 1 aliphatic carbocycles. The summed E-state index contributed by atoms with van der Waals surface area (Å²) in [6.45, 7) is 0.547. The highest BCUT2D eigenvalue weighted by Gasteiger charge is 2.31. The van der Waals surface area contributed by atoms with Gasteiger partial charge >= 0.3 is 0 Å². The predicted molar refractivity (Wildman–Crippen MR) is 50.8 cm³/mol. The number of H-pyrrole nitrogens is 1. The monoisotopic (exact) mass is 199 g/mol. The van der Waals surface area contributed by atoms with E-state index in [4.69, 9.17) is 12.2 Å². The lowest BCUT2D eigenvalue weighted by molar-refractivity contribution is 0.0260. The van der Waals surface area contributed by atoms with Crippen molar-refractivity contribution in [1.29, 1.82) is 0 Å². The summed E-state index contributed by atoms with van der Waals surface area (Å²) in [4.78, 5) is 3.90. The predicted octanol–water partition coefficient (Wildman–Crippen LogP) is 1.25. The Morgan fingerprint density at radius 1 is 1.62 bits per heavy atom. The Labute approximate surface area is 81.6 Å². The summed E-state index contributed by atoms with van der Waals surface area (Å²) >= 11 is 4.98. The number of aliphatic hydroxyl groups is 1. The van der Waals surface area contributed by atoms with Gasteiger partial charge in [0.2, 0.25) is 4.77 Å². The maximum Gasteiger partial charge on any atom is 0.215 e. The van der Waals surface area contributed by atoms with Gasteiger partial charge in [-0.25, -0.2) is 4.98 Å². The van der Waals surface area contributed by atoms with E-state index in [1.807, 2.05) is 0 Å². The largest absolute Gasteiger partial charge is 0.388 e. The Hall–Kier alpha value is -0.680. The van der Waals surface area contributed by atoms with Crippen LogP contribution < -0.4 is 0 Å². The van der Waals surface area contributed by atoms with Crippen molar-refractivity contribution >= 4 is 12.2 Å². The fourth-order valence-electron chi connectivity index (χ4n) is 1.88. The molecule has 1 fully saturated rings. The van der Waals surface area contributed by atoms with E-state index in [-0.39, 0.29) is 0 Å². The summed E-state index contributed by atoms with van der Waals surface area (Å²) < 4.78 is 2.24. The number of hydrogen-bond acceptors (Lipinski definition) is 3. The first-order valence-corrected chi connectivity index (χ1v) is 4.93. The van der Waals surface area contributed by atoms with E-state index in [1.54, 1.807) is 11.0 Å². The number of nitrogens with one attached hydrogen (secondary N) is 1. The summed E-state index contributed by atoms with van der Waals surface area (Å²) in [5.74, 6) is 0. The molecule has 0 saturated heterocycles. The van der Waals surface area contributed by atoms with Crippen LogP contribution in [0.3, 0.4) is 0 Å². The van der Waals surface area contributed by atoms with Crippen LogP contribution in [0.2, 0.25) is 0 Å². The number of rotatable bonds is 2. The molecule has 0 unspecified atom stereocenters. The van der Waals surface area contributed by atoms with E-state index in [9.17, 15) is 5.11 Å². The summed E-state index contributed by atoms with van der Waals surface area (Å²) in [6, 6.07) is 0. The van der Waals surface area contributed by atoms with Gasteiger partial charge < -0.3 is 5.11 Å². The Balaban J connectivity index is 2.13. The van der Waals surface area contributed by atoms with Gasteiger partial charge in [0.25, 0.3) is 0 Å². The molecular weight excluding hydrogens is 186 g/mol. The molecule has 0 aromatic carbocycles. The molecule has 5 heteroatoms. The SMILES string of the molecule is OC1(Cn2[nH]cnc2=S)CCCC1. The van der Waals surface area contributed by atoms with E-state index in [0.717, 1.165) is 25.7 Å². The zero-order valence-electron chi connectivity index (χ0n) is 7.36. The minimum Gasteiger partial charge on any atom is -0.388 e. The van der Waals surface area contributed by atoms with E-state index in [2.05, 4.69) is 10.1 Å². The lowest BCUT2D eigenvalue weighted by Crippen LogP contribution is -2.31. The molecule has 2 N–H and O–H groups in total. The number of aromatic amines is 1. The molecule has 0 radical (unpaired) electrons. The van der Waals surface area contributed by atoms with Gasteiger partial charge in [0.05, 0.1) is 12.1 Å². The molecule has 0 amide bonds. The van der Waals surface area contributed by atoms with E-state index in [0.29, 0.717) is 11.3 Å². The van der Waals surface area contributed by atoms with Crippen LogP contribution in [0.1, 0.15) is 25.7 Å². The van der Waals surface area contributed by atoms with Crippen LogP contribution in [0.25, 0.3) is 0 Å². The van der Waals surface area contributed by atoms with Gasteiger partial charge in [0.15, 0.2) is 0 Å². The third kappa shape index (κ3) is 1.81. The molecule has 2 rings (SSSR count). The van der Waals surface area contributed by atoms with Gasteiger partial charge in [-0.2, -0.15) is 0 Å². The maximum atomic E-state index is 10.1. The topological polar surface area (TPSA) is 53.8 Å². The minimum atomic E-state index is -0.565. The zero-order valence-corrected chi connectivity index (χ0v) is 8.18. The van der Waals surface area contributed by atoms with Crippen molar-refractivity contribution < 1.29 is 5.11 Å². The smallest absolute Gasteiger partial charge is 0.215 e. The zero-order chi connectivity index (χ0) is 9.31. The average Bonchev–Trinajstić information content (AvgIpc) is 2.64. The lowest BCUT2D eigenvalue weighted by Gasteiger charge is -2.21. The van der Waals surface area contributed by atoms with E-state index in [1.165, 1.54) is 0 Å². The van der Waals surface area contributed by atoms with Crippen molar-refractivity contribution in [1.82, 2.24) is 14.8 Å². The van der Waals surface area contributed by atoms with Crippen LogP contribution >= 0.6 is 12.2 Å². The molecule has 1 aromatic heterocycles. The highest BCUT2D eigenvalue weighted by Crippen LogP contribution is 2.30. The van der Waals surface area contributed by atoms with Crippen molar-refractivity contribution in [3.63, 3.8) is 0 Å². The number of hydrogen-bond donors (Lipinski definition) is 2. The molecule has 1 aliphatic rings. The molecule has 1 heterocycles. The number of nitrogens with zero attached hydrogens (tertiary/aromatic N) is 2. The first-order valence-electron chi connectivity index (χ1n) is 4.52. The number of aromatic nitrogens is 3. The second-order valence-electron chi connectivity index (χ2n) is 3.69. The van der Waals surface area contributed by atoms with Gasteiger partial charge in [0.1, 0.15) is 6.33 Å². The van der Waals surface area contributed by atoms with Crippen molar-refractivity contribution in [2.45, 2.75) is 37.8 Å². The molecule has 13 heavy (non-hydrogen) atoms. The third-order valence-electron chi connectivity index (χ3n) is 2.61. The fraction of sp³-hybridized carbons (Fsp3) is 0.750. The minimum absolute atomic E-state index is 0.514. The van der Waals surface area contributed by atoms with Crippen LogP contribution in [0.5, 0.6) is 0 Å². The third-order valence-corrected chi connectivity index (χ3v) is 2.93. The van der Waals surface area contributed by atoms with E-state index < -0.39 is 5.60 Å². The Morgan fingerprint density at radius 2 is 2.31 bits per heavy atom. The Kier molecular flexibility index (Phi) is 2.21. The second-order valence-corrected chi connectivity index (χ2v) is 4.05. The molecular formula is C8H13N3OS. The first kappa shape index (κ1) is 8.90. The molecule has 0 bridgehead atoms. The van der Waals surface area contributed by atoms with E-state index >= 15 is 0 Å². The molecule has 4 nitrogen and oxygen atoms in total. The average molecular weight is 199 g/mol. The van der Waals surface area contributed by atoms with Crippen LogP contribution in [-0.4, -0.2) is 25.5 Å². The van der Waals surface area contributed by atoms with Gasteiger partial charge in [0, 0.05) is 0 Å². The molecule has 0 atom stereocenters. The fourth-order valence-corrected chi connectivity index (χ4v) is 2.05. The summed E-state index contributed by atoms with van der Waals surface area (Å²) in [5, 5.41) is 13.0. The van der Waals surface area contributed by atoms with Gasteiger partial charge in [-0.3, -0.25) is 9.78 Å². The maximum absolute atomic E-state index is 10.1. The Bertz CT molecular complexity index is 337. The van der Waals surface area contributed by atoms with Crippen LogP contribution in [0, 0.1) is 4.77 Å². The second kappa shape index (κ2) is 3.23. The van der Waals surface area contributed by atoms with Crippen molar-refractivity contribution in [3.05, 3.63) is 11.1 Å². The van der Waals surface area contributed by atoms with Crippen molar-refractivity contribution in [3.8, 4) is 0 Å². The lowest BCUT2D eigenvalue weighted by atomic mass is 10.0. The van der Waals surface area contributed by atoms with Crippen LogP contribution in [-0.2, 0) is 6.54 Å². The Morgan fingerprint density at radius 3 is 2.85 bits per heavy atom. The highest BCUT2D eigenvalue weighted by molar-refractivity contribution is 7.71. The summed E-state index contributed by atoms with van der Waals surface area (Å²) in [7, 11) is 0. The quantitative estimate of drug-likeness (QED) is 0.705. The molecule has 0 spiro atoms. The summed E-state index contributed by atoms with van der Waals surface area (Å²) in [5.41, 5.74) is -0.565. The van der Waals surface area contributed by atoms with Crippen LogP contribution in [0.4, 0.5) is 0 Å². The molecule has 0 aliphatic heterocycles. The van der Waals surface area contributed by atoms with Gasteiger partial charge in [-0.1, -0.05) is 12.8 Å².